The van der Waals surface area contributed by atoms with E-state index >= 15 is 0 Å². The fraction of sp³-hybridized carbons (Fsp3) is 0.800. The predicted octanol–water partition coefficient (Wildman–Crippen LogP) is 2.98. The minimum Gasteiger partial charge on any atom is -0.378 e. The Labute approximate surface area is 136 Å². The predicted molar refractivity (Wildman–Crippen MR) is 93.5 cm³/mol. The van der Waals surface area contributed by atoms with Crippen LogP contribution in [0.4, 0.5) is 5.13 Å². The number of anilines is 1. The molecule has 1 aliphatic heterocycles. The van der Waals surface area contributed by atoms with Gasteiger partial charge in [-0.1, -0.05) is 13.8 Å². The lowest BCUT2D eigenvalue weighted by molar-refractivity contribution is 0.181. The molecule has 0 spiro atoms. The van der Waals surface area contributed by atoms with Gasteiger partial charge in [-0.05, 0) is 24.6 Å². The molecule has 1 aliphatic rings. The molecule has 2 rings (SSSR count). The number of aromatic nitrogens is 1. The zero-order chi connectivity index (χ0) is 15.2. The van der Waals surface area contributed by atoms with E-state index in [0.717, 1.165) is 23.9 Å². The van der Waals surface area contributed by atoms with Gasteiger partial charge < -0.3 is 15.0 Å². The first kappa shape index (κ1) is 17.1. The Hall–Kier alpha value is -0.300. The van der Waals surface area contributed by atoms with Crippen molar-refractivity contribution in [1.82, 2.24) is 10.3 Å². The molecule has 4 nitrogen and oxygen atoms in total. The van der Waals surface area contributed by atoms with Crippen molar-refractivity contribution in [2.75, 3.05) is 37.1 Å². The molecule has 1 N–H and O–H groups in total. The van der Waals surface area contributed by atoms with Crippen LogP contribution in [0.1, 0.15) is 30.8 Å². The standard InChI is InChI=1S/C15H27N3OS2/c1-11(2)7-16-8-14-13(9-19-4)17-15(21-14)18(3)12-5-6-20-10-12/h11-12,16H,5-10H2,1-4H3. The minimum absolute atomic E-state index is 0.600. The molecule has 0 radical (unpaired) electrons. The largest absolute Gasteiger partial charge is 0.378 e. The van der Waals surface area contributed by atoms with Gasteiger partial charge in [0, 0.05) is 37.4 Å². The van der Waals surface area contributed by atoms with Gasteiger partial charge in [0.15, 0.2) is 5.13 Å². The maximum absolute atomic E-state index is 5.31. The first-order valence-corrected chi connectivity index (χ1v) is 9.57. The molecular formula is C15H27N3OS2. The van der Waals surface area contributed by atoms with E-state index in [0.29, 0.717) is 18.6 Å². The summed E-state index contributed by atoms with van der Waals surface area (Å²) in [6.45, 7) is 6.98. The number of hydrogen-bond donors (Lipinski definition) is 1. The second-order valence-corrected chi connectivity index (χ2v) is 8.16. The maximum atomic E-state index is 5.31. The fourth-order valence-electron chi connectivity index (χ4n) is 2.37. The molecular weight excluding hydrogens is 302 g/mol. The fourth-order valence-corrected chi connectivity index (χ4v) is 4.70. The van der Waals surface area contributed by atoms with Crippen LogP contribution >= 0.6 is 23.1 Å². The van der Waals surface area contributed by atoms with E-state index in [1.807, 2.05) is 23.1 Å². The highest BCUT2D eigenvalue weighted by Gasteiger charge is 2.23. The Morgan fingerprint density at radius 1 is 1.48 bits per heavy atom. The van der Waals surface area contributed by atoms with Crippen LogP contribution in [0.15, 0.2) is 0 Å². The van der Waals surface area contributed by atoms with Crippen molar-refractivity contribution < 1.29 is 4.74 Å². The van der Waals surface area contributed by atoms with E-state index in [-0.39, 0.29) is 0 Å². The van der Waals surface area contributed by atoms with Crippen molar-refractivity contribution in [3.63, 3.8) is 0 Å². The van der Waals surface area contributed by atoms with Crippen LogP contribution in [0.2, 0.25) is 0 Å². The molecule has 1 aromatic rings. The molecule has 0 aliphatic carbocycles. The first-order valence-electron chi connectivity index (χ1n) is 7.60. The summed E-state index contributed by atoms with van der Waals surface area (Å²) in [6.07, 6.45) is 1.27. The molecule has 1 unspecified atom stereocenters. The highest BCUT2D eigenvalue weighted by Crippen LogP contribution is 2.31. The lowest BCUT2D eigenvalue weighted by Gasteiger charge is -2.22. The molecule has 2 heterocycles. The molecule has 1 fully saturated rings. The number of methoxy groups -OCH3 is 1. The zero-order valence-corrected chi connectivity index (χ0v) is 15.1. The summed E-state index contributed by atoms with van der Waals surface area (Å²) in [5.74, 6) is 3.16. The van der Waals surface area contributed by atoms with Crippen molar-refractivity contribution in [1.29, 1.82) is 0 Å². The third-order valence-electron chi connectivity index (χ3n) is 3.64. The summed E-state index contributed by atoms with van der Waals surface area (Å²) in [7, 11) is 3.92. The van der Waals surface area contributed by atoms with Crippen LogP contribution in [-0.2, 0) is 17.9 Å². The van der Waals surface area contributed by atoms with E-state index in [1.165, 1.54) is 22.8 Å². The lowest BCUT2D eigenvalue weighted by atomic mass is 10.2. The average Bonchev–Trinajstić information content (AvgIpc) is 3.08. The Balaban J connectivity index is 2.04. The van der Waals surface area contributed by atoms with Gasteiger partial charge in [-0.15, -0.1) is 11.3 Å². The number of rotatable bonds is 8. The second-order valence-electron chi connectivity index (χ2n) is 5.95. The van der Waals surface area contributed by atoms with Crippen LogP contribution in [0.25, 0.3) is 0 Å². The molecule has 1 saturated heterocycles. The van der Waals surface area contributed by atoms with Gasteiger partial charge in [0.2, 0.25) is 0 Å². The normalized spacial score (nSPS) is 18.6. The zero-order valence-electron chi connectivity index (χ0n) is 13.5. The topological polar surface area (TPSA) is 37.4 Å². The minimum atomic E-state index is 0.600. The van der Waals surface area contributed by atoms with Gasteiger partial charge in [-0.2, -0.15) is 11.8 Å². The average molecular weight is 330 g/mol. The van der Waals surface area contributed by atoms with Crippen molar-refractivity contribution in [3.8, 4) is 0 Å². The summed E-state index contributed by atoms with van der Waals surface area (Å²) < 4.78 is 5.31. The van der Waals surface area contributed by atoms with Crippen molar-refractivity contribution in [2.24, 2.45) is 5.92 Å². The number of thiazole rings is 1. The van der Waals surface area contributed by atoms with E-state index in [9.17, 15) is 0 Å². The quantitative estimate of drug-likeness (QED) is 0.793. The number of thioether (sulfide) groups is 1. The Morgan fingerprint density at radius 3 is 2.90 bits per heavy atom. The number of hydrogen-bond acceptors (Lipinski definition) is 6. The van der Waals surface area contributed by atoms with Gasteiger partial charge >= 0.3 is 0 Å². The molecule has 120 valence electrons. The summed E-state index contributed by atoms with van der Waals surface area (Å²) in [5, 5.41) is 4.65. The maximum Gasteiger partial charge on any atom is 0.185 e. The van der Waals surface area contributed by atoms with Crippen molar-refractivity contribution in [3.05, 3.63) is 10.6 Å². The summed E-state index contributed by atoms with van der Waals surface area (Å²) >= 11 is 3.85. The molecule has 0 bridgehead atoms. The van der Waals surface area contributed by atoms with Gasteiger partial charge in [0.25, 0.3) is 0 Å². The van der Waals surface area contributed by atoms with Crippen LogP contribution in [-0.4, -0.2) is 43.2 Å². The molecule has 21 heavy (non-hydrogen) atoms. The monoisotopic (exact) mass is 329 g/mol. The summed E-state index contributed by atoms with van der Waals surface area (Å²) in [5.41, 5.74) is 1.09. The second kappa shape index (κ2) is 8.36. The third kappa shape index (κ3) is 4.84. The highest BCUT2D eigenvalue weighted by molar-refractivity contribution is 7.99. The van der Waals surface area contributed by atoms with Gasteiger partial charge in [-0.25, -0.2) is 4.98 Å². The Morgan fingerprint density at radius 2 is 2.29 bits per heavy atom. The van der Waals surface area contributed by atoms with Crippen molar-refractivity contribution >= 4 is 28.2 Å². The summed E-state index contributed by atoms with van der Waals surface area (Å²) in [6, 6.07) is 0.632. The van der Waals surface area contributed by atoms with Crippen LogP contribution in [0.3, 0.4) is 0 Å². The van der Waals surface area contributed by atoms with Crippen LogP contribution in [0, 0.1) is 5.92 Å². The molecule has 6 heteroatoms. The number of ether oxygens (including phenoxy) is 1. The molecule has 0 saturated carbocycles. The molecule has 1 aromatic heterocycles. The van der Waals surface area contributed by atoms with E-state index in [4.69, 9.17) is 9.72 Å². The number of nitrogens with zero attached hydrogens (tertiary/aromatic N) is 2. The van der Waals surface area contributed by atoms with E-state index in [1.54, 1.807) is 7.11 Å². The SMILES string of the molecule is COCc1nc(N(C)C2CCSC2)sc1CNCC(C)C. The Kier molecular flexibility index (Phi) is 6.79. The molecule has 0 amide bonds. The van der Waals surface area contributed by atoms with Crippen molar-refractivity contribution in [2.45, 2.75) is 39.5 Å². The Bertz CT molecular complexity index is 431. The van der Waals surface area contributed by atoms with Gasteiger partial charge in [0.05, 0.1) is 12.3 Å². The first-order chi connectivity index (χ1) is 10.1. The van der Waals surface area contributed by atoms with Gasteiger partial charge in [-0.3, -0.25) is 0 Å². The summed E-state index contributed by atoms with van der Waals surface area (Å²) in [4.78, 5) is 8.48. The van der Waals surface area contributed by atoms with Crippen LogP contribution < -0.4 is 10.2 Å². The lowest BCUT2D eigenvalue weighted by Crippen LogP contribution is -2.31. The van der Waals surface area contributed by atoms with E-state index in [2.05, 4.69) is 31.1 Å². The van der Waals surface area contributed by atoms with Crippen LogP contribution in [0.5, 0.6) is 0 Å². The molecule has 1 atom stereocenters. The third-order valence-corrected chi connectivity index (χ3v) is 5.97. The van der Waals surface area contributed by atoms with Gasteiger partial charge in [0.1, 0.15) is 0 Å². The van der Waals surface area contributed by atoms with E-state index < -0.39 is 0 Å². The smallest absolute Gasteiger partial charge is 0.185 e. The molecule has 0 aromatic carbocycles. The number of nitrogens with one attached hydrogen (secondary N) is 1. The highest BCUT2D eigenvalue weighted by atomic mass is 32.2.